The van der Waals surface area contributed by atoms with Crippen molar-refractivity contribution in [2.45, 2.75) is 46.0 Å². The maximum atomic E-state index is 12.1. The van der Waals surface area contributed by atoms with E-state index in [1.165, 1.54) is 18.3 Å². The summed E-state index contributed by atoms with van der Waals surface area (Å²) in [5.41, 5.74) is 1.97. The van der Waals surface area contributed by atoms with E-state index in [0.717, 1.165) is 40.4 Å². The third kappa shape index (κ3) is 6.77. The van der Waals surface area contributed by atoms with Gasteiger partial charge in [-0.3, -0.25) is 9.59 Å². The molecule has 7 heteroatoms. The van der Waals surface area contributed by atoms with E-state index in [9.17, 15) is 9.59 Å². The fraction of sp³-hybridized carbons (Fsp3) is 0.421. The first-order valence-corrected chi connectivity index (χ1v) is 9.89. The molecule has 1 aromatic carbocycles. The summed E-state index contributed by atoms with van der Waals surface area (Å²) in [6.07, 6.45) is 3.75. The van der Waals surface area contributed by atoms with E-state index in [1.807, 2.05) is 31.2 Å². The third-order valence-electron chi connectivity index (χ3n) is 3.90. The van der Waals surface area contributed by atoms with E-state index in [0.29, 0.717) is 24.5 Å². The SMILES string of the molecule is CC(=O)NCCCCCC(=O)Nc1nc(C)c(Cc2ccccc2Cl)s1. The molecular formula is C19H24ClN3O2S. The summed E-state index contributed by atoms with van der Waals surface area (Å²) in [6.45, 7) is 4.11. The minimum atomic E-state index is -0.0254. The Morgan fingerprint density at radius 3 is 2.69 bits per heavy atom. The van der Waals surface area contributed by atoms with Crippen LogP contribution in [0.15, 0.2) is 24.3 Å². The van der Waals surface area contributed by atoms with Crippen LogP contribution in [0.4, 0.5) is 5.13 Å². The van der Waals surface area contributed by atoms with Gasteiger partial charge in [0, 0.05) is 36.2 Å². The fourth-order valence-corrected chi connectivity index (χ4v) is 3.70. The van der Waals surface area contributed by atoms with Gasteiger partial charge in [-0.2, -0.15) is 0 Å². The van der Waals surface area contributed by atoms with Crippen molar-refractivity contribution in [2.75, 3.05) is 11.9 Å². The van der Waals surface area contributed by atoms with Gasteiger partial charge >= 0.3 is 0 Å². The summed E-state index contributed by atoms with van der Waals surface area (Å²) in [6, 6.07) is 7.75. The third-order valence-corrected chi connectivity index (χ3v) is 5.34. The van der Waals surface area contributed by atoms with Gasteiger partial charge in [-0.1, -0.05) is 36.2 Å². The number of benzene rings is 1. The van der Waals surface area contributed by atoms with Gasteiger partial charge in [-0.15, -0.1) is 11.3 Å². The highest BCUT2D eigenvalue weighted by atomic mass is 35.5. The second kappa shape index (κ2) is 10.3. The molecule has 0 spiro atoms. The number of nitrogens with zero attached hydrogens (tertiary/aromatic N) is 1. The number of hydrogen-bond donors (Lipinski definition) is 2. The molecule has 0 bridgehead atoms. The van der Waals surface area contributed by atoms with Crippen LogP contribution in [-0.4, -0.2) is 23.3 Å². The van der Waals surface area contributed by atoms with E-state index in [-0.39, 0.29) is 11.8 Å². The lowest BCUT2D eigenvalue weighted by atomic mass is 10.1. The maximum Gasteiger partial charge on any atom is 0.226 e. The molecule has 5 nitrogen and oxygen atoms in total. The topological polar surface area (TPSA) is 71.1 Å². The van der Waals surface area contributed by atoms with Crippen LogP contribution in [0.1, 0.15) is 48.7 Å². The van der Waals surface area contributed by atoms with Crippen LogP contribution in [-0.2, 0) is 16.0 Å². The van der Waals surface area contributed by atoms with E-state index in [1.54, 1.807) is 0 Å². The molecular weight excluding hydrogens is 370 g/mol. The molecule has 140 valence electrons. The van der Waals surface area contributed by atoms with Gasteiger partial charge in [0.25, 0.3) is 0 Å². The minimum Gasteiger partial charge on any atom is -0.356 e. The Hall–Kier alpha value is -1.92. The van der Waals surface area contributed by atoms with Gasteiger partial charge < -0.3 is 10.6 Å². The lowest BCUT2D eigenvalue weighted by Gasteiger charge is -2.03. The largest absolute Gasteiger partial charge is 0.356 e. The molecule has 0 fully saturated rings. The van der Waals surface area contributed by atoms with E-state index in [2.05, 4.69) is 15.6 Å². The fourth-order valence-electron chi connectivity index (χ4n) is 2.49. The average Bonchev–Trinajstić information content (AvgIpc) is 2.92. The molecule has 0 aliphatic rings. The summed E-state index contributed by atoms with van der Waals surface area (Å²) in [4.78, 5) is 28.4. The summed E-state index contributed by atoms with van der Waals surface area (Å²) >= 11 is 7.71. The van der Waals surface area contributed by atoms with Gasteiger partial charge in [0.15, 0.2) is 5.13 Å². The van der Waals surface area contributed by atoms with Crippen molar-refractivity contribution in [1.29, 1.82) is 0 Å². The molecule has 2 N–H and O–H groups in total. The number of halogens is 1. The number of carbonyl (C=O) groups excluding carboxylic acids is 2. The Morgan fingerprint density at radius 2 is 1.96 bits per heavy atom. The predicted octanol–water partition coefficient (Wildman–Crippen LogP) is 4.33. The second-order valence-corrected chi connectivity index (χ2v) is 7.63. The Morgan fingerprint density at radius 1 is 1.19 bits per heavy atom. The Bertz CT molecular complexity index is 761. The maximum absolute atomic E-state index is 12.1. The molecule has 0 saturated carbocycles. The summed E-state index contributed by atoms with van der Waals surface area (Å²) in [5.74, 6) is -0.0444. The van der Waals surface area contributed by atoms with Crippen LogP contribution >= 0.6 is 22.9 Å². The zero-order valence-electron chi connectivity index (χ0n) is 15.1. The zero-order valence-corrected chi connectivity index (χ0v) is 16.7. The van der Waals surface area contributed by atoms with Crippen LogP contribution in [0.5, 0.6) is 0 Å². The standard InChI is InChI=1S/C19H24ClN3O2S/c1-13-17(12-15-8-5-6-9-16(15)20)26-19(22-13)23-18(25)10-4-3-7-11-21-14(2)24/h5-6,8-9H,3-4,7,10-12H2,1-2H3,(H,21,24)(H,22,23,25). The number of thiazole rings is 1. The van der Waals surface area contributed by atoms with E-state index in [4.69, 9.17) is 11.6 Å². The molecule has 2 amide bonds. The highest BCUT2D eigenvalue weighted by molar-refractivity contribution is 7.15. The van der Waals surface area contributed by atoms with Gasteiger partial charge in [0.2, 0.25) is 11.8 Å². The van der Waals surface area contributed by atoms with Crippen LogP contribution in [0.3, 0.4) is 0 Å². The van der Waals surface area contributed by atoms with Crippen LogP contribution in [0.2, 0.25) is 5.02 Å². The first-order valence-electron chi connectivity index (χ1n) is 8.69. The van der Waals surface area contributed by atoms with Crippen molar-refractivity contribution < 1.29 is 9.59 Å². The van der Waals surface area contributed by atoms with Gasteiger partial charge in [0.05, 0.1) is 5.69 Å². The quantitative estimate of drug-likeness (QED) is 0.623. The number of carbonyl (C=O) groups is 2. The summed E-state index contributed by atoms with van der Waals surface area (Å²) in [5, 5.41) is 7.00. The highest BCUT2D eigenvalue weighted by Crippen LogP contribution is 2.27. The summed E-state index contributed by atoms with van der Waals surface area (Å²) < 4.78 is 0. The van der Waals surface area contributed by atoms with E-state index >= 15 is 0 Å². The smallest absolute Gasteiger partial charge is 0.226 e. The van der Waals surface area contributed by atoms with Gasteiger partial charge in [-0.05, 0) is 31.4 Å². The predicted molar refractivity (Wildman–Crippen MR) is 107 cm³/mol. The van der Waals surface area contributed by atoms with Crippen molar-refractivity contribution in [3.63, 3.8) is 0 Å². The second-order valence-electron chi connectivity index (χ2n) is 6.14. The van der Waals surface area contributed by atoms with E-state index < -0.39 is 0 Å². The first-order chi connectivity index (χ1) is 12.5. The molecule has 2 aromatic rings. The number of unbranched alkanes of at least 4 members (excludes halogenated alkanes) is 2. The molecule has 0 atom stereocenters. The number of aryl methyl sites for hydroxylation is 1. The Labute approximate surface area is 163 Å². The number of amides is 2. The Kier molecular flexibility index (Phi) is 8.06. The number of rotatable bonds is 9. The Balaban J connectivity index is 1.78. The number of nitrogens with one attached hydrogen (secondary N) is 2. The number of anilines is 1. The van der Waals surface area contributed by atoms with Crippen LogP contribution in [0.25, 0.3) is 0 Å². The highest BCUT2D eigenvalue weighted by Gasteiger charge is 2.12. The monoisotopic (exact) mass is 393 g/mol. The van der Waals surface area contributed by atoms with Crippen molar-refractivity contribution in [3.05, 3.63) is 45.4 Å². The average molecular weight is 394 g/mol. The van der Waals surface area contributed by atoms with Crippen LogP contribution in [0, 0.1) is 6.92 Å². The van der Waals surface area contributed by atoms with Crippen molar-refractivity contribution in [3.8, 4) is 0 Å². The van der Waals surface area contributed by atoms with Gasteiger partial charge in [0.1, 0.15) is 0 Å². The molecule has 0 radical (unpaired) electrons. The lowest BCUT2D eigenvalue weighted by Crippen LogP contribution is -2.20. The molecule has 1 aromatic heterocycles. The van der Waals surface area contributed by atoms with Crippen molar-refractivity contribution >= 4 is 39.9 Å². The van der Waals surface area contributed by atoms with Crippen molar-refractivity contribution in [1.82, 2.24) is 10.3 Å². The zero-order chi connectivity index (χ0) is 18.9. The number of aromatic nitrogens is 1. The first kappa shape index (κ1) is 20.4. The molecule has 1 heterocycles. The number of hydrogen-bond acceptors (Lipinski definition) is 4. The van der Waals surface area contributed by atoms with Gasteiger partial charge in [-0.25, -0.2) is 4.98 Å². The molecule has 0 saturated heterocycles. The molecule has 0 aliphatic carbocycles. The molecule has 0 aliphatic heterocycles. The van der Waals surface area contributed by atoms with Crippen molar-refractivity contribution in [2.24, 2.45) is 0 Å². The lowest BCUT2D eigenvalue weighted by molar-refractivity contribution is -0.119. The molecule has 0 unspecified atom stereocenters. The van der Waals surface area contributed by atoms with Crippen LogP contribution < -0.4 is 10.6 Å². The normalized spacial score (nSPS) is 10.6. The minimum absolute atomic E-state index is 0.0190. The molecule has 2 rings (SSSR count). The molecule has 26 heavy (non-hydrogen) atoms. The summed E-state index contributed by atoms with van der Waals surface area (Å²) in [7, 11) is 0.